The van der Waals surface area contributed by atoms with Crippen molar-refractivity contribution in [1.29, 1.82) is 0 Å². The van der Waals surface area contributed by atoms with Crippen LogP contribution in [0, 0.1) is 6.92 Å². The molecule has 1 N–H and O–H groups in total. The molecule has 1 aliphatic carbocycles. The average Bonchev–Trinajstić information content (AvgIpc) is 3.58. The fraction of sp³-hybridized carbons (Fsp3) is 0.600. The van der Waals surface area contributed by atoms with Gasteiger partial charge in [-0.3, -0.25) is 9.69 Å². The van der Waals surface area contributed by atoms with Crippen LogP contribution < -0.4 is 5.56 Å². The number of fused-ring (bicyclic) bond motifs is 1. The van der Waals surface area contributed by atoms with Crippen LogP contribution in [0.5, 0.6) is 0 Å². The molecule has 2 atom stereocenters. The molecule has 0 bridgehead atoms. The number of tetrazole rings is 1. The molecule has 176 valence electrons. The maximum atomic E-state index is 13.0. The fourth-order valence-corrected chi connectivity index (χ4v) is 5.53. The topological polar surface area (TPSA) is 88.9 Å². The summed E-state index contributed by atoms with van der Waals surface area (Å²) >= 11 is 0. The van der Waals surface area contributed by atoms with Crippen molar-refractivity contribution in [1.82, 2.24) is 30.1 Å². The molecule has 1 saturated heterocycles. The minimum Gasteiger partial charge on any atom is -0.376 e. The van der Waals surface area contributed by atoms with Gasteiger partial charge in [-0.1, -0.05) is 31.9 Å². The number of pyridine rings is 1. The first-order valence-electron chi connectivity index (χ1n) is 12.4. The highest BCUT2D eigenvalue weighted by Gasteiger charge is 2.33. The van der Waals surface area contributed by atoms with Crippen LogP contribution in [0.25, 0.3) is 10.9 Å². The number of rotatable bonds is 8. The van der Waals surface area contributed by atoms with Gasteiger partial charge in [-0.05, 0) is 72.5 Å². The van der Waals surface area contributed by atoms with Crippen molar-refractivity contribution in [3.05, 3.63) is 51.6 Å². The van der Waals surface area contributed by atoms with Crippen LogP contribution in [0.3, 0.4) is 0 Å². The minimum atomic E-state index is -0.00935. The molecule has 2 fully saturated rings. The molecule has 1 aliphatic heterocycles. The summed E-state index contributed by atoms with van der Waals surface area (Å²) in [6.07, 6.45) is 7.95. The normalized spacial score (nSPS) is 20.3. The van der Waals surface area contributed by atoms with E-state index in [2.05, 4.69) is 50.5 Å². The van der Waals surface area contributed by atoms with Gasteiger partial charge < -0.3 is 9.72 Å². The predicted molar refractivity (Wildman–Crippen MR) is 127 cm³/mol. The molecule has 3 heterocycles. The first-order valence-corrected chi connectivity index (χ1v) is 12.4. The molecule has 0 amide bonds. The number of ether oxygens (including phenoxy) is 1. The van der Waals surface area contributed by atoms with Gasteiger partial charge in [0.2, 0.25) is 0 Å². The lowest BCUT2D eigenvalue weighted by molar-refractivity contribution is 0.0839. The van der Waals surface area contributed by atoms with Crippen LogP contribution in [-0.2, 0) is 17.8 Å². The molecule has 8 nitrogen and oxygen atoms in total. The van der Waals surface area contributed by atoms with E-state index >= 15 is 0 Å². The summed E-state index contributed by atoms with van der Waals surface area (Å²) in [5.74, 6) is 0.882. The van der Waals surface area contributed by atoms with Crippen LogP contribution >= 0.6 is 0 Å². The van der Waals surface area contributed by atoms with E-state index < -0.39 is 0 Å². The van der Waals surface area contributed by atoms with Gasteiger partial charge in [0.15, 0.2) is 5.82 Å². The van der Waals surface area contributed by atoms with Gasteiger partial charge in [0.05, 0.1) is 18.7 Å². The van der Waals surface area contributed by atoms with Crippen LogP contribution in [0.4, 0.5) is 0 Å². The van der Waals surface area contributed by atoms with E-state index in [0.29, 0.717) is 19.1 Å². The number of aromatic nitrogens is 5. The Kier molecular flexibility index (Phi) is 6.55. The molecule has 3 aromatic rings. The molecule has 2 aromatic heterocycles. The summed E-state index contributed by atoms with van der Waals surface area (Å²) < 4.78 is 7.77. The monoisotopic (exact) mass is 450 g/mol. The van der Waals surface area contributed by atoms with E-state index in [1.54, 1.807) is 0 Å². The largest absolute Gasteiger partial charge is 0.376 e. The number of hydrogen-bond acceptors (Lipinski definition) is 6. The van der Waals surface area contributed by atoms with E-state index in [0.717, 1.165) is 66.6 Å². The van der Waals surface area contributed by atoms with Gasteiger partial charge in [-0.2, -0.15) is 0 Å². The summed E-state index contributed by atoms with van der Waals surface area (Å²) in [4.78, 5) is 18.6. The Balaban J connectivity index is 1.47. The maximum Gasteiger partial charge on any atom is 0.252 e. The highest BCUT2D eigenvalue weighted by atomic mass is 16.5. The first-order chi connectivity index (χ1) is 16.1. The Bertz CT molecular complexity index is 1140. The van der Waals surface area contributed by atoms with Crippen LogP contribution in [0.1, 0.15) is 74.9 Å². The summed E-state index contributed by atoms with van der Waals surface area (Å²) in [7, 11) is 0. The van der Waals surface area contributed by atoms with E-state index in [4.69, 9.17) is 4.74 Å². The lowest BCUT2D eigenvalue weighted by Crippen LogP contribution is -2.39. The van der Waals surface area contributed by atoms with E-state index in [1.807, 2.05) is 17.7 Å². The second-order valence-corrected chi connectivity index (χ2v) is 9.60. The second-order valence-electron chi connectivity index (χ2n) is 9.60. The maximum absolute atomic E-state index is 13.0. The molecule has 0 spiro atoms. The van der Waals surface area contributed by atoms with Gasteiger partial charge >= 0.3 is 0 Å². The third-order valence-corrected chi connectivity index (χ3v) is 7.27. The molecule has 0 radical (unpaired) electrons. The van der Waals surface area contributed by atoms with Crippen molar-refractivity contribution in [2.24, 2.45) is 0 Å². The zero-order valence-corrected chi connectivity index (χ0v) is 19.7. The van der Waals surface area contributed by atoms with Crippen LogP contribution in [0.15, 0.2) is 29.1 Å². The van der Waals surface area contributed by atoms with E-state index in [9.17, 15) is 4.79 Å². The Morgan fingerprint density at radius 2 is 2.06 bits per heavy atom. The Labute approximate surface area is 194 Å². The quantitative estimate of drug-likeness (QED) is 0.560. The smallest absolute Gasteiger partial charge is 0.252 e. The lowest BCUT2D eigenvalue weighted by atomic mass is 10.0. The van der Waals surface area contributed by atoms with Crippen molar-refractivity contribution in [2.45, 2.75) is 90.1 Å². The predicted octanol–water partition coefficient (Wildman–Crippen LogP) is 3.90. The molecule has 2 unspecified atom stereocenters. The number of aromatic amines is 1. The first kappa shape index (κ1) is 22.2. The highest BCUT2D eigenvalue weighted by Crippen LogP contribution is 2.34. The number of nitrogens with one attached hydrogen (secondary N) is 1. The van der Waals surface area contributed by atoms with E-state index in [1.165, 1.54) is 12.8 Å². The van der Waals surface area contributed by atoms with Crippen LogP contribution in [0.2, 0.25) is 0 Å². The van der Waals surface area contributed by atoms with Crippen molar-refractivity contribution in [3.63, 3.8) is 0 Å². The zero-order valence-electron chi connectivity index (χ0n) is 19.7. The third kappa shape index (κ3) is 4.73. The Hall–Kier alpha value is -2.58. The zero-order chi connectivity index (χ0) is 22.8. The van der Waals surface area contributed by atoms with Gasteiger partial charge in [0.1, 0.15) is 0 Å². The summed E-state index contributed by atoms with van der Waals surface area (Å²) in [5.41, 5.74) is 2.83. The molecule has 1 aromatic carbocycles. The van der Waals surface area contributed by atoms with Gasteiger partial charge in [-0.25, -0.2) is 4.68 Å². The summed E-state index contributed by atoms with van der Waals surface area (Å²) in [5, 5.41) is 13.9. The lowest BCUT2D eigenvalue weighted by Gasteiger charge is -2.35. The second kappa shape index (κ2) is 9.73. The third-order valence-electron chi connectivity index (χ3n) is 7.27. The molecule has 2 aliphatic rings. The van der Waals surface area contributed by atoms with Gasteiger partial charge in [0, 0.05) is 30.3 Å². The number of benzene rings is 1. The Morgan fingerprint density at radius 3 is 2.82 bits per heavy atom. The Morgan fingerprint density at radius 1 is 1.21 bits per heavy atom. The number of H-pyrrole nitrogens is 1. The van der Waals surface area contributed by atoms with Crippen molar-refractivity contribution in [2.75, 3.05) is 6.61 Å². The average molecular weight is 451 g/mol. The fourth-order valence-electron chi connectivity index (χ4n) is 5.53. The van der Waals surface area contributed by atoms with Gasteiger partial charge in [-0.15, -0.1) is 5.10 Å². The number of nitrogens with zero attached hydrogens (tertiary/aromatic N) is 5. The van der Waals surface area contributed by atoms with Crippen molar-refractivity contribution >= 4 is 10.9 Å². The van der Waals surface area contributed by atoms with Gasteiger partial charge in [0.25, 0.3) is 5.56 Å². The number of hydrogen-bond donors (Lipinski definition) is 1. The number of aryl methyl sites for hydroxylation is 1. The molecule has 1 saturated carbocycles. The SMILES string of the molecule is CCC(c1nnnn1CC1CCCO1)N(Cc1cc2ccc(C)cc2[nH]c1=O)C1CCCC1. The minimum absolute atomic E-state index is 0.00935. The van der Waals surface area contributed by atoms with Crippen molar-refractivity contribution in [3.8, 4) is 0 Å². The standard InChI is InChI=1S/C25H34N6O2/c1-3-23(24-27-28-29-31(24)16-21-9-6-12-33-21)30(20-7-4-5-8-20)15-19-14-18-11-10-17(2)13-22(18)26-25(19)32/h10-11,13-14,20-21,23H,3-9,12,15-16H2,1-2H3,(H,26,32). The van der Waals surface area contributed by atoms with E-state index in [-0.39, 0.29) is 17.7 Å². The molecular formula is C25H34N6O2. The molecule has 5 rings (SSSR count). The molecular weight excluding hydrogens is 416 g/mol. The highest BCUT2D eigenvalue weighted by molar-refractivity contribution is 5.79. The van der Waals surface area contributed by atoms with Crippen molar-refractivity contribution < 1.29 is 4.74 Å². The molecule has 8 heteroatoms. The molecule has 33 heavy (non-hydrogen) atoms. The summed E-state index contributed by atoms with van der Waals surface area (Å²) in [6.45, 7) is 6.32. The summed E-state index contributed by atoms with van der Waals surface area (Å²) in [6, 6.07) is 8.74. The van der Waals surface area contributed by atoms with Crippen LogP contribution in [-0.4, -0.2) is 48.8 Å².